The molecule has 2 aliphatic rings. The molecule has 0 amide bonds. The monoisotopic (exact) mass is 234 g/mol. The Morgan fingerprint density at radius 3 is 2.44 bits per heavy atom. The number of carbonyl (C=O) groups excluding carboxylic acids is 1. The highest BCUT2D eigenvalue weighted by Gasteiger charge is 2.40. The first-order valence-electron chi connectivity index (χ1n) is 6.02. The minimum Gasteiger partial charge on any atom is -0.300 e. The van der Waals surface area contributed by atoms with Crippen LogP contribution in [0.2, 0.25) is 0 Å². The van der Waals surface area contributed by atoms with Crippen molar-refractivity contribution in [3.63, 3.8) is 0 Å². The Bertz CT molecular complexity index is 272. The van der Waals surface area contributed by atoms with Crippen molar-refractivity contribution in [2.24, 2.45) is 17.8 Å². The standard InChI is InChI=1S/C12H17F3O/c13-12(14,15)4-3-11(16)7-10-6-8-1-2-9(10)5-8/h8-10H,1-7H2. The van der Waals surface area contributed by atoms with E-state index in [1.165, 1.54) is 19.3 Å². The van der Waals surface area contributed by atoms with E-state index >= 15 is 0 Å². The molecule has 2 aliphatic carbocycles. The van der Waals surface area contributed by atoms with Gasteiger partial charge in [0.15, 0.2) is 0 Å². The van der Waals surface area contributed by atoms with E-state index in [0.717, 1.165) is 12.3 Å². The Morgan fingerprint density at radius 1 is 1.19 bits per heavy atom. The van der Waals surface area contributed by atoms with Gasteiger partial charge in [0, 0.05) is 12.8 Å². The predicted octanol–water partition coefficient (Wildman–Crippen LogP) is 3.72. The van der Waals surface area contributed by atoms with Crippen LogP contribution in [0.4, 0.5) is 13.2 Å². The van der Waals surface area contributed by atoms with E-state index in [1.807, 2.05) is 0 Å². The van der Waals surface area contributed by atoms with Gasteiger partial charge in [-0.05, 0) is 37.0 Å². The van der Waals surface area contributed by atoms with E-state index in [4.69, 9.17) is 0 Å². The Kier molecular flexibility index (Phi) is 3.27. The molecular weight excluding hydrogens is 217 g/mol. The number of fused-ring (bicyclic) bond motifs is 2. The lowest BCUT2D eigenvalue weighted by atomic mass is 9.84. The van der Waals surface area contributed by atoms with Crippen LogP contribution in [0.1, 0.15) is 44.9 Å². The van der Waals surface area contributed by atoms with Crippen LogP contribution in [0, 0.1) is 17.8 Å². The lowest BCUT2D eigenvalue weighted by Crippen LogP contribution is -2.17. The molecule has 2 saturated carbocycles. The molecule has 2 rings (SSSR count). The summed E-state index contributed by atoms with van der Waals surface area (Å²) in [7, 11) is 0. The quantitative estimate of drug-likeness (QED) is 0.724. The fraction of sp³-hybridized carbons (Fsp3) is 0.917. The average molecular weight is 234 g/mol. The molecule has 0 aromatic rings. The van der Waals surface area contributed by atoms with E-state index in [9.17, 15) is 18.0 Å². The molecule has 4 heteroatoms. The minimum atomic E-state index is -4.19. The van der Waals surface area contributed by atoms with E-state index < -0.39 is 12.6 Å². The van der Waals surface area contributed by atoms with Crippen LogP contribution in [-0.4, -0.2) is 12.0 Å². The minimum absolute atomic E-state index is 0.199. The number of ketones is 1. The summed E-state index contributed by atoms with van der Waals surface area (Å²) < 4.78 is 35.8. The molecule has 3 atom stereocenters. The normalized spacial score (nSPS) is 33.3. The Labute approximate surface area is 93.4 Å². The molecule has 1 nitrogen and oxygen atoms in total. The maximum Gasteiger partial charge on any atom is 0.389 e. The predicted molar refractivity (Wildman–Crippen MR) is 53.9 cm³/mol. The van der Waals surface area contributed by atoms with Crippen molar-refractivity contribution in [1.29, 1.82) is 0 Å². The van der Waals surface area contributed by atoms with Crippen molar-refractivity contribution in [2.45, 2.75) is 51.1 Å². The summed E-state index contributed by atoms with van der Waals surface area (Å²) in [5.74, 6) is 1.57. The van der Waals surface area contributed by atoms with E-state index in [0.29, 0.717) is 18.3 Å². The first kappa shape index (κ1) is 11.9. The van der Waals surface area contributed by atoms with Gasteiger partial charge in [-0.15, -0.1) is 0 Å². The SMILES string of the molecule is O=C(CCC(F)(F)F)CC1CC2CCC1C2. The molecule has 16 heavy (non-hydrogen) atoms. The molecule has 0 radical (unpaired) electrons. The van der Waals surface area contributed by atoms with Crippen LogP contribution in [0.5, 0.6) is 0 Å². The summed E-state index contributed by atoms with van der Waals surface area (Å²) in [6.07, 6.45) is -0.356. The van der Waals surface area contributed by atoms with E-state index in [1.54, 1.807) is 0 Å². The number of halogens is 3. The van der Waals surface area contributed by atoms with Crippen molar-refractivity contribution >= 4 is 5.78 Å². The largest absolute Gasteiger partial charge is 0.389 e. The summed E-state index contributed by atoms with van der Waals surface area (Å²) in [6, 6.07) is 0. The maximum absolute atomic E-state index is 11.9. The fourth-order valence-corrected chi connectivity index (χ4v) is 3.30. The van der Waals surface area contributed by atoms with Gasteiger partial charge < -0.3 is 0 Å². The summed E-state index contributed by atoms with van der Waals surface area (Å²) in [6.45, 7) is 0. The number of hydrogen-bond donors (Lipinski definition) is 0. The van der Waals surface area contributed by atoms with Crippen molar-refractivity contribution in [1.82, 2.24) is 0 Å². The number of hydrogen-bond acceptors (Lipinski definition) is 1. The number of alkyl halides is 3. The van der Waals surface area contributed by atoms with Crippen LogP contribution < -0.4 is 0 Å². The van der Waals surface area contributed by atoms with Gasteiger partial charge in [-0.2, -0.15) is 13.2 Å². The van der Waals surface area contributed by atoms with Gasteiger partial charge in [0.2, 0.25) is 0 Å². The molecule has 0 N–H and O–H groups in total. The zero-order chi connectivity index (χ0) is 11.8. The smallest absolute Gasteiger partial charge is 0.300 e. The molecule has 2 bridgehead atoms. The molecule has 0 heterocycles. The lowest BCUT2D eigenvalue weighted by Gasteiger charge is -2.20. The first-order valence-corrected chi connectivity index (χ1v) is 6.02. The van der Waals surface area contributed by atoms with Crippen LogP contribution in [0.3, 0.4) is 0 Å². The summed E-state index contributed by atoms with van der Waals surface area (Å²) >= 11 is 0. The lowest BCUT2D eigenvalue weighted by molar-refractivity contribution is -0.143. The Hall–Kier alpha value is -0.540. The van der Waals surface area contributed by atoms with Gasteiger partial charge in [-0.25, -0.2) is 0 Å². The van der Waals surface area contributed by atoms with Gasteiger partial charge in [-0.3, -0.25) is 4.79 Å². The van der Waals surface area contributed by atoms with E-state index in [2.05, 4.69) is 0 Å². The van der Waals surface area contributed by atoms with Gasteiger partial charge in [0.25, 0.3) is 0 Å². The molecule has 0 aliphatic heterocycles. The fourth-order valence-electron chi connectivity index (χ4n) is 3.30. The molecule has 2 fully saturated rings. The third-order valence-electron chi connectivity index (χ3n) is 4.06. The highest BCUT2D eigenvalue weighted by molar-refractivity contribution is 5.78. The molecule has 0 spiro atoms. The molecule has 0 saturated heterocycles. The third-order valence-corrected chi connectivity index (χ3v) is 4.06. The van der Waals surface area contributed by atoms with Gasteiger partial charge >= 0.3 is 6.18 Å². The van der Waals surface area contributed by atoms with Crippen molar-refractivity contribution in [3.8, 4) is 0 Å². The highest BCUT2D eigenvalue weighted by atomic mass is 19.4. The average Bonchev–Trinajstić information content (AvgIpc) is 2.75. The zero-order valence-corrected chi connectivity index (χ0v) is 9.22. The van der Waals surface area contributed by atoms with Gasteiger partial charge in [0.1, 0.15) is 5.78 Å². The number of rotatable bonds is 4. The molecule has 3 unspecified atom stereocenters. The topological polar surface area (TPSA) is 17.1 Å². The summed E-state index contributed by atoms with van der Waals surface area (Å²) in [4.78, 5) is 11.4. The van der Waals surface area contributed by atoms with Crippen LogP contribution >= 0.6 is 0 Å². The molecule has 0 aromatic carbocycles. The van der Waals surface area contributed by atoms with E-state index in [-0.39, 0.29) is 12.2 Å². The zero-order valence-electron chi connectivity index (χ0n) is 9.22. The second-order valence-corrected chi connectivity index (χ2v) is 5.29. The Balaban J connectivity index is 1.72. The molecule has 92 valence electrons. The van der Waals surface area contributed by atoms with Crippen LogP contribution in [0.25, 0.3) is 0 Å². The number of Topliss-reactive ketones (excluding diaryl/α,β-unsaturated/α-hetero) is 1. The highest BCUT2D eigenvalue weighted by Crippen LogP contribution is 2.49. The first-order chi connectivity index (χ1) is 7.44. The summed E-state index contributed by atoms with van der Waals surface area (Å²) in [5.41, 5.74) is 0. The van der Waals surface area contributed by atoms with Crippen molar-refractivity contribution in [2.75, 3.05) is 0 Å². The maximum atomic E-state index is 11.9. The Morgan fingerprint density at radius 2 is 1.94 bits per heavy atom. The van der Waals surface area contributed by atoms with Crippen LogP contribution in [-0.2, 0) is 4.79 Å². The van der Waals surface area contributed by atoms with Crippen LogP contribution in [0.15, 0.2) is 0 Å². The molecule has 0 aromatic heterocycles. The third kappa shape index (κ3) is 2.98. The van der Waals surface area contributed by atoms with Gasteiger partial charge in [0.05, 0.1) is 6.42 Å². The number of carbonyl (C=O) groups is 1. The van der Waals surface area contributed by atoms with Gasteiger partial charge in [-0.1, -0.05) is 6.42 Å². The molecular formula is C12H17F3O. The second kappa shape index (κ2) is 4.38. The second-order valence-electron chi connectivity index (χ2n) is 5.29. The van der Waals surface area contributed by atoms with Crippen molar-refractivity contribution < 1.29 is 18.0 Å². The van der Waals surface area contributed by atoms with Crippen molar-refractivity contribution in [3.05, 3.63) is 0 Å². The summed E-state index contributed by atoms with van der Waals surface area (Å²) in [5, 5.41) is 0.